The molecule has 3 nitrogen and oxygen atoms in total. The lowest BCUT2D eigenvalue weighted by atomic mass is 9.99. The SMILES string of the molecule is CSC(C)C(=O)N1CCCCC1CCN. The first-order valence-electron chi connectivity index (χ1n) is 5.74. The zero-order chi connectivity index (χ0) is 11.3. The van der Waals surface area contributed by atoms with Crippen LogP contribution in [0.1, 0.15) is 32.6 Å². The minimum atomic E-state index is 0.0865. The highest BCUT2D eigenvalue weighted by Crippen LogP contribution is 2.22. The number of hydrogen-bond donors (Lipinski definition) is 1. The standard InChI is InChI=1S/C11H22N2OS/c1-9(15-2)11(14)13-8-4-3-5-10(13)6-7-12/h9-10H,3-8,12H2,1-2H3. The van der Waals surface area contributed by atoms with E-state index < -0.39 is 0 Å². The molecule has 0 bridgehead atoms. The van der Waals surface area contributed by atoms with Gasteiger partial charge >= 0.3 is 0 Å². The predicted octanol–water partition coefficient (Wildman–Crippen LogP) is 1.47. The Labute approximate surface area is 96.8 Å². The topological polar surface area (TPSA) is 46.3 Å². The number of nitrogens with zero attached hydrogens (tertiary/aromatic N) is 1. The van der Waals surface area contributed by atoms with Gasteiger partial charge < -0.3 is 10.6 Å². The van der Waals surface area contributed by atoms with Crippen LogP contribution >= 0.6 is 11.8 Å². The Bertz CT molecular complexity index is 209. The Morgan fingerprint density at radius 1 is 1.60 bits per heavy atom. The first-order valence-corrected chi connectivity index (χ1v) is 7.02. The number of amides is 1. The first kappa shape index (κ1) is 12.8. The Hall–Kier alpha value is -0.220. The maximum Gasteiger partial charge on any atom is 0.235 e. The molecule has 1 heterocycles. The van der Waals surface area contributed by atoms with Gasteiger partial charge in [0.25, 0.3) is 0 Å². The smallest absolute Gasteiger partial charge is 0.235 e. The second-order valence-corrected chi connectivity index (χ2v) is 5.32. The van der Waals surface area contributed by atoms with Crippen LogP contribution in [-0.2, 0) is 4.79 Å². The molecule has 1 rings (SSSR count). The minimum absolute atomic E-state index is 0.0865. The molecule has 2 N–H and O–H groups in total. The second kappa shape index (κ2) is 6.38. The van der Waals surface area contributed by atoms with Gasteiger partial charge in [0.2, 0.25) is 5.91 Å². The predicted molar refractivity (Wildman–Crippen MR) is 66.0 cm³/mol. The fourth-order valence-corrected chi connectivity index (χ4v) is 2.45. The lowest BCUT2D eigenvalue weighted by Gasteiger charge is -2.37. The number of carbonyl (C=O) groups excluding carboxylic acids is 1. The van der Waals surface area contributed by atoms with Crippen molar-refractivity contribution in [2.24, 2.45) is 5.73 Å². The van der Waals surface area contributed by atoms with Crippen LogP contribution in [0.2, 0.25) is 0 Å². The number of thioether (sulfide) groups is 1. The van der Waals surface area contributed by atoms with Crippen molar-refractivity contribution in [2.75, 3.05) is 19.3 Å². The van der Waals surface area contributed by atoms with E-state index in [1.54, 1.807) is 11.8 Å². The van der Waals surface area contributed by atoms with Crippen molar-refractivity contribution in [1.82, 2.24) is 4.90 Å². The third-order valence-corrected chi connectivity index (χ3v) is 4.02. The first-order chi connectivity index (χ1) is 7.20. The van der Waals surface area contributed by atoms with E-state index >= 15 is 0 Å². The zero-order valence-electron chi connectivity index (χ0n) is 9.74. The normalized spacial score (nSPS) is 23.9. The molecular weight excluding hydrogens is 208 g/mol. The van der Waals surface area contributed by atoms with Gasteiger partial charge in [-0.2, -0.15) is 11.8 Å². The van der Waals surface area contributed by atoms with E-state index in [9.17, 15) is 4.79 Å². The molecule has 1 fully saturated rings. The molecule has 0 radical (unpaired) electrons. The highest BCUT2D eigenvalue weighted by Gasteiger charge is 2.28. The molecule has 0 aliphatic carbocycles. The molecular formula is C11H22N2OS. The van der Waals surface area contributed by atoms with Crippen LogP contribution in [0.3, 0.4) is 0 Å². The van der Waals surface area contributed by atoms with Crippen LogP contribution in [-0.4, -0.2) is 41.4 Å². The molecule has 0 aromatic heterocycles. The lowest BCUT2D eigenvalue weighted by molar-refractivity contribution is -0.134. The van der Waals surface area contributed by atoms with Gasteiger partial charge in [0, 0.05) is 12.6 Å². The van der Waals surface area contributed by atoms with Crippen LogP contribution in [0.5, 0.6) is 0 Å². The monoisotopic (exact) mass is 230 g/mol. The molecule has 0 spiro atoms. The minimum Gasteiger partial charge on any atom is -0.339 e. The van der Waals surface area contributed by atoms with E-state index in [2.05, 4.69) is 4.90 Å². The van der Waals surface area contributed by atoms with Crippen molar-refractivity contribution in [1.29, 1.82) is 0 Å². The van der Waals surface area contributed by atoms with E-state index in [-0.39, 0.29) is 5.25 Å². The number of likely N-dealkylation sites (tertiary alicyclic amines) is 1. The highest BCUT2D eigenvalue weighted by molar-refractivity contribution is 7.99. The highest BCUT2D eigenvalue weighted by atomic mass is 32.2. The van der Waals surface area contributed by atoms with Crippen molar-refractivity contribution >= 4 is 17.7 Å². The molecule has 0 saturated carbocycles. The molecule has 2 unspecified atom stereocenters. The summed E-state index contributed by atoms with van der Waals surface area (Å²) in [6, 6.07) is 0.394. The fraction of sp³-hybridized carbons (Fsp3) is 0.909. The largest absolute Gasteiger partial charge is 0.339 e. The number of hydrogen-bond acceptors (Lipinski definition) is 3. The summed E-state index contributed by atoms with van der Waals surface area (Å²) in [4.78, 5) is 14.1. The van der Waals surface area contributed by atoms with E-state index in [4.69, 9.17) is 5.73 Å². The molecule has 0 aromatic carbocycles. The quantitative estimate of drug-likeness (QED) is 0.795. The van der Waals surface area contributed by atoms with Gasteiger partial charge in [0.15, 0.2) is 0 Å². The van der Waals surface area contributed by atoms with Crippen molar-refractivity contribution < 1.29 is 4.79 Å². The molecule has 1 aliphatic rings. The van der Waals surface area contributed by atoms with Crippen molar-refractivity contribution in [3.63, 3.8) is 0 Å². The molecule has 1 aliphatic heterocycles. The van der Waals surface area contributed by atoms with Gasteiger partial charge in [-0.15, -0.1) is 0 Å². The van der Waals surface area contributed by atoms with Crippen molar-refractivity contribution in [3.8, 4) is 0 Å². The Balaban J connectivity index is 2.58. The maximum atomic E-state index is 12.1. The van der Waals surface area contributed by atoms with Gasteiger partial charge in [-0.1, -0.05) is 0 Å². The summed E-state index contributed by atoms with van der Waals surface area (Å²) < 4.78 is 0. The van der Waals surface area contributed by atoms with Crippen LogP contribution in [0.15, 0.2) is 0 Å². The fourth-order valence-electron chi connectivity index (χ4n) is 2.12. The maximum absolute atomic E-state index is 12.1. The lowest BCUT2D eigenvalue weighted by Crippen LogP contribution is -2.47. The Morgan fingerprint density at radius 3 is 2.93 bits per heavy atom. The van der Waals surface area contributed by atoms with E-state index in [0.717, 1.165) is 25.8 Å². The van der Waals surface area contributed by atoms with Crippen LogP contribution < -0.4 is 5.73 Å². The van der Waals surface area contributed by atoms with Crippen LogP contribution in [0.25, 0.3) is 0 Å². The number of nitrogens with two attached hydrogens (primary N) is 1. The summed E-state index contributed by atoms with van der Waals surface area (Å²) in [5.74, 6) is 0.292. The summed E-state index contributed by atoms with van der Waals surface area (Å²) in [5, 5.41) is 0.0865. The van der Waals surface area contributed by atoms with Gasteiger partial charge in [-0.3, -0.25) is 4.79 Å². The molecule has 1 amide bonds. The molecule has 88 valence electrons. The molecule has 1 saturated heterocycles. The third-order valence-electron chi connectivity index (χ3n) is 3.11. The summed E-state index contributed by atoms with van der Waals surface area (Å²) in [7, 11) is 0. The average Bonchev–Trinajstić information content (AvgIpc) is 2.28. The summed E-state index contributed by atoms with van der Waals surface area (Å²) >= 11 is 1.62. The van der Waals surface area contributed by atoms with E-state index in [0.29, 0.717) is 18.5 Å². The Morgan fingerprint density at radius 2 is 2.33 bits per heavy atom. The van der Waals surface area contributed by atoms with Crippen LogP contribution in [0.4, 0.5) is 0 Å². The Kier molecular flexibility index (Phi) is 5.47. The average molecular weight is 230 g/mol. The van der Waals surface area contributed by atoms with Crippen molar-refractivity contribution in [3.05, 3.63) is 0 Å². The number of piperidine rings is 1. The molecule has 0 aromatic rings. The third kappa shape index (κ3) is 3.38. The van der Waals surface area contributed by atoms with Gasteiger partial charge in [-0.25, -0.2) is 0 Å². The van der Waals surface area contributed by atoms with Gasteiger partial charge in [0.05, 0.1) is 5.25 Å². The van der Waals surface area contributed by atoms with Crippen molar-refractivity contribution in [2.45, 2.75) is 43.9 Å². The zero-order valence-corrected chi connectivity index (χ0v) is 10.6. The second-order valence-electron chi connectivity index (χ2n) is 4.14. The molecule has 15 heavy (non-hydrogen) atoms. The molecule has 2 atom stereocenters. The van der Waals surface area contributed by atoms with Gasteiger partial charge in [0.1, 0.15) is 0 Å². The van der Waals surface area contributed by atoms with Gasteiger partial charge in [-0.05, 0) is 45.4 Å². The number of rotatable bonds is 4. The summed E-state index contributed by atoms with van der Waals surface area (Å²) in [6.07, 6.45) is 6.46. The molecule has 4 heteroatoms. The summed E-state index contributed by atoms with van der Waals surface area (Å²) in [6.45, 7) is 3.59. The van der Waals surface area contributed by atoms with E-state index in [1.807, 2.05) is 13.2 Å². The van der Waals surface area contributed by atoms with E-state index in [1.165, 1.54) is 6.42 Å². The summed E-state index contributed by atoms with van der Waals surface area (Å²) in [5.41, 5.74) is 5.59. The number of carbonyl (C=O) groups is 1. The van der Waals surface area contributed by atoms with Crippen LogP contribution in [0, 0.1) is 0 Å².